The number of aryl methyl sites for hydroxylation is 1. The molecule has 0 aliphatic rings. The summed E-state index contributed by atoms with van der Waals surface area (Å²) < 4.78 is 5.77. The number of nitrogens with one attached hydrogen (secondary N) is 1. The molecule has 0 saturated heterocycles. The second kappa shape index (κ2) is 7.36. The molecule has 1 rings (SSSR count). The number of nitrogens with zero attached hydrogens (tertiary/aromatic N) is 1. The maximum absolute atomic E-state index is 5.77. The zero-order valence-electron chi connectivity index (χ0n) is 13.1. The molecule has 0 radical (unpaired) electrons. The van der Waals surface area contributed by atoms with Gasteiger partial charge in [0.1, 0.15) is 0 Å². The number of thiazole rings is 1. The lowest BCUT2D eigenvalue weighted by Crippen LogP contribution is -2.49. The highest BCUT2D eigenvalue weighted by atomic mass is 32.1. The minimum atomic E-state index is 0.116. The van der Waals surface area contributed by atoms with Crippen molar-refractivity contribution < 1.29 is 4.74 Å². The fourth-order valence-electron chi connectivity index (χ4n) is 2.46. The average molecular weight is 284 g/mol. The molecule has 1 aromatic rings. The summed E-state index contributed by atoms with van der Waals surface area (Å²) in [6.07, 6.45) is 2.24. The van der Waals surface area contributed by atoms with Crippen LogP contribution in [0.5, 0.6) is 0 Å². The van der Waals surface area contributed by atoms with Crippen LogP contribution < -0.4 is 5.32 Å². The summed E-state index contributed by atoms with van der Waals surface area (Å²) in [5, 5.41) is 6.92. The first-order chi connectivity index (χ1) is 8.88. The second-order valence-electron chi connectivity index (χ2n) is 6.14. The van der Waals surface area contributed by atoms with Gasteiger partial charge in [-0.1, -0.05) is 27.7 Å². The lowest BCUT2D eigenvalue weighted by Gasteiger charge is -2.36. The minimum Gasteiger partial charge on any atom is -0.379 e. The zero-order valence-corrected chi connectivity index (χ0v) is 13.9. The van der Waals surface area contributed by atoms with Crippen molar-refractivity contribution in [3.63, 3.8) is 0 Å². The third kappa shape index (κ3) is 5.21. The van der Waals surface area contributed by atoms with Crippen LogP contribution >= 0.6 is 11.3 Å². The molecule has 0 saturated carbocycles. The number of aromatic nitrogens is 1. The predicted molar refractivity (Wildman–Crippen MR) is 82.9 cm³/mol. The minimum absolute atomic E-state index is 0.116. The molecule has 0 aliphatic carbocycles. The van der Waals surface area contributed by atoms with Crippen molar-refractivity contribution in [1.82, 2.24) is 10.3 Å². The molecule has 0 spiro atoms. The van der Waals surface area contributed by atoms with Crippen LogP contribution in [0.4, 0.5) is 0 Å². The molecule has 2 unspecified atom stereocenters. The van der Waals surface area contributed by atoms with Gasteiger partial charge in [-0.05, 0) is 25.3 Å². The van der Waals surface area contributed by atoms with E-state index in [1.54, 1.807) is 11.3 Å². The summed E-state index contributed by atoms with van der Waals surface area (Å²) in [6.45, 7) is 12.0. The average Bonchev–Trinajstić information content (AvgIpc) is 2.70. The highest BCUT2D eigenvalue weighted by Gasteiger charge is 2.32. The van der Waals surface area contributed by atoms with Crippen LogP contribution in [0.2, 0.25) is 0 Å². The summed E-state index contributed by atoms with van der Waals surface area (Å²) in [4.78, 5) is 4.58. The Balaban J connectivity index is 2.80. The predicted octanol–water partition coefficient (Wildman–Crippen LogP) is 3.42. The van der Waals surface area contributed by atoms with Crippen LogP contribution in [0.25, 0.3) is 0 Å². The first kappa shape index (κ1) is 16.6. The first-order valence-corrected chi connectivity index (χ1v) is 7.93. The molecule has 1 N–H and O–H groups in total. The molecule has 19 heavy (non-hydrogen) atoms. The van der Waals surface area contributed by atoms with E-state index in [0.29, 0.717) is 6.04 Å². The van der Waals surface area contributed by atoms with Crippen molar-refractivity contribution in [1.29, 1.82) is 0 Å². The van der Waals surface area contributed by atoms with Crippen LogP contribution in [-0.4, -0.2) is 30.8 Å². The van der Waals surface area contributed by atoms with E-state index in [1.807, 2.05) is 7.11 Å². The van der Waals surface area contributed by atoms with E-state index in [4.69, 9.17) is 4.74 Å². The Morgan fingerprint density at radius 2 is 2.11 bits per heavy atom. The molecule has 0 aliphatic heterocycles. The fourth-order valence-corrected chi connectivity index (χ4v) is 3.09. The van der Waals surface area contributed by atoms with Gasteiger partial charge in [0.2, 0.25) is 0 Å². The maximum Gasteiger partial charge on any atom is 0.0897 e. The molecule has 0 amide bonds. The Kier molecular flexibility index (Phi) is 6.43. The summed E-state index contributed by atoms with van der Waals surface area (Å²) in [6, 6.07) is 0.312. The van der Waals surface area contributed by atoms with E-state index in [9.17, 15) is 0 Å². The summed E-state index contributed by atoms with van der Waals surface area (Å²) in [5.41, 5.74) is 1.29. The van der Waals surface area contributed by atoms with Crippen LogP contribution in [0.15, 0.2) is 5.38 Å². The zero-order chi connectivity index (χ0) is 14.5. The van der Waals surface area contributed by atoms with Crippen LogP contribution in [0.1, 0.15) is 44.8 Å². The lowest BCUT2D eigenvalue weighted by atomic mass is 9.83. The molecule has 1 aromatic heterocycles. The molecule has 0 aromatic carbocycles. The van der Waals surface area contributed by atoms with Gasteiger partial charge in [0.15, 0.2) is 0 Å². The first-order valence-electron chi connectivity index (χ1n) is 7.05. The van der Waals surface area contributed by atoms with Gasteiger partial charge >= 0.3 is 0 Å². The topological polar surface area (TPSA) is 34.2 Å². The number of hydrogen-bond acceptors (Lipinski definition) is 4. The van der Waals surface area contributed by atoms with E-state index in [0.717, 1.165) is 24.4 Å². The number of rotatable bonds is 7. The molecule has 0 fully saturated rings. The van der Waals surface area contributed by atoms with Crippen LogP contribution in [0, 0.1) is 12.3 Å². The SMILES string of the molecule is CCCNC(Cc1csc(C)n1)C(OC)C(C)(C)C. The van der Waals surface area contributed by atoms with Crippen molar-refractivity contribution >= 4 is 11.3 Å². The van der Waals surface area contributed by atoms with E-state index in [1.165, 1.54) is 5.69 Å². The fraction of sp³-hybridized carbons (Fsp3) is 0.800. The molecule has 110 valence electrons. The Labute approximate surface area is 121 Å². The van der Waals surface area contributed by atoms with Crippen LogP contribution in [-0.2, 0) is 11.2 Å². The van der Waals surface area contributed by atoms with Crippen molar-refractivity contribution in [2.45, 2.75) is 59.6 Å². The smallest absolute Gasteiger partial charge is 0.0897 e. The molecule has 4 heteroatoms. The molecule has 1 heterocycles. The second-order valence-corrected chi connectivity index (χ2v) is 7.21. The molecular weight excluding hydrogens is 256 g/mol. The van der Waals surface area contributed by atoms with E-state index >= 15 is 0 Å². The van der Waals surface area contributed by atoms with Gasteiger partial charge in [0.05, 0.1) is 16.8 Å². The normalized spacial score (nSPS) is 15.5. The highest BCUT2D eigenvalue weighted by Crippen LogP contribution is 2.26. The van der Waals surface area contributed by atoms with Gasteiger partial charge < -0.3 is 10.1 Å². The van der Waals surface area contributed by atoms with Gasteiger partial charge in [-0.15, -0.1) is 11.3 Å². The Bertz CT molecular complexity index is 370. The Morgan fingerprint density at radius 3 is 2.53 bits per heavy atom. The maximum atomic E-state index is 5.77. The summed E-state index contributed by atoms with van der Waals surface area (Å²) in [7, 11) is 1.81. The number of hydrogen-bond donors (Lipinski definition) is 1. The van der Waals surface area contributed by atoms with Crippen molar-refractivity contribution in [3.8, 4) is 0 Å². The van der Waals surface area contributed by atoms with Gasteiger partial charge in [0, 0.05) is 25.0 Å². The molecule has 3 nitrogen and oxygen atoms in total. The quantitative estimate of drug-likeness (QED) is 0.833. The molecule has 0 bridgehead atoms. The van der Waals surface area contributed by atoms with Crippen molar-refractivity contribution in [2.75, 3.05) is 13.7 Å². The third-order valence-electron chi connectivity index (χ3n) is 3.23. The lowest BCUT2D eigenvalue weighted by molar-refractivity contribution is -0.0111. The highest BCUT2D eigenvalue weighted by molar-refractivity contribution is 7.09. The third-order valence-corrected chi connectivity index (χ3v) is 4.05. The van der Waals surface area contributed by atoms with E-state index in [2.05, 4.69) is 50.3 Å². The standard InChI is InChI=1S/C15H28N2OS/c1-7-8-16-13(14(18-6)15(3,4)5)9-12-10-19-11(2)17-12/h10,13-14,16H,7-9H2,1-6H3. The number of ether oxygens (including phenoxy) is 1. The van der Waals surface area contributed by atoms with Gasteiger partial charge in [0.25, 0.3) is 0 Å². The van der Waals surface area contributed by atoms with Crippen molar-refractivity contribution in [2.24, 2.45) is 5.41 Å². The van der Waals surface area contributed by atoms with Crippen molar-refractivity contribution in [3.05, 3.63) is 16.1 Å². The largest absolute Gasteiger partial charge is 0.379 e. The summed E-state index contributed by atoms with van der Waals surface area (Å²) in [5.74, 6) is 0. The molecular formula is C15H28N2OS. The van der Waals surface area contributed by atoms with Gasteiger partial charge in [-0.2, -0.15) is 0 Å². The Hall–Kier alpha value is -0.450. The number of methoxy groups -OCH3 is 1. The summed E-state index contributed by atoms with van der Waals surface area (Å²) >= 11 is 1.72. The molecule has 2 atom stereocenters. The Morgan fingerprint density at radius 1 is 1.42 bits per heavy atom. The monoisotopic (exact) mass is 284 g/mol. The van der Waals surface area contributed by atoms with E-state index in [-0.39, 0.29) is 11.5 Å². The van der Waals surface area contributed by atoms with Gasteiger partial charge in [-0.25, -0.2) is 4.98 Å². The van der Waals surface area contributed by atoms with Crippen LogP contribution in [0.3, 0.4) is 0 Å². The van der Waals surface area contributed by atoms with E-state index < -0.39 is 0 Å². The van der Waals surface area contributed by atoms with Gasteiger partial charge in [-0.3, -0.25) is 0 Å².